The Morgan fingerprint density at radius 1 is 1.04 bits per heavy atom. The number of aromatic hydroxyl groups is 1. The predicted molar refractivity (Wildman–Crippen MR) is 175 cm³/mol. The van der Waals surface area contributed by atoms with E-state index in [1.54, 1.807) is 45.2 Å². The molecule has 1 N–H and O–H groups in total. The topological polar surface area (TPSA) is 110 Å². The molecule has 1 amide bonds. The smallest absolute Gasteiger partial charge is 0.420 e. The van der Waals surface area contributed by atoms with Gasteiger partial charge in [-0.05, 0) is 56.7 Å². The molecule has 0 bridgehead atoms. The van der Waals surface area contributed by atoms with Crippen molar-refractivity contribution in [3.8, 4) is 28.1 Å². The lowest BCUT2D eigenvalue weighted by Gasteiger charge is -2.33. The summed E-state index contributed by atoms with van der Waals surface area (Å²) >= 11 is 0. The second-order valence-corrected chi connectivity index (χ2v) is 14.4. The summed E-state index contributed by atoms with van der Waals surface area (Å²) in [6, 6.07) is 7.69. The molecule has 2 atom stereocenters. The maximum atomic E-state index is 13.5. The first-order chi connectivity index (χ1) is 24.0. The molecule has 2 aliphatic heterocycles. The van der Waals surface area contributed by atoms with Gasteiger partial charge in [-0.3, -0.25) is 9.58 Å². The van der Waals surface area contributed by atoms with Crippen LogP contribution in [-0.4, -0.2) is 69.2 Å². The maximum Gasteiger partial charge on any atom is 0.420 e. The van der Waals surface area contributed by atoms with Crippen LogP contribution in [0.25, 0.3) is 22.4 Å². The Labute approximate surface area is 289 Å². The second-order valence-electron chi connectivity index (χ2n) is 12.5. The highest BCUT2D eigenvalue weighted by Crippen LogP contribution is 2.45. The third-order valence-corrected chi connectivity index (χ3v) is 11.2. The van der Waals surface area contributed by atoms with Gasteiger partial charge in [-0.25, -0.2) is 14.6 Å². The third-order valence-electron chi connectivity index (χ3n) is 9.17. The van der Waals surface area contributed by atoms with Gasteiger partial charge in [-0.15, -0.1) is 0 Å². The first kappa shape index (κ1) is 36.0. The van der Waals surface area contributed by atoms with Crippen LogP contribution in [-0.2, 0) is 41.6 Å². The average molecular weight is 737 g/mol. The quantitative estimate of drug-likeness (QED) is 0.144. The van der Waals surface area contributed by atoms with Gasteiger partial charge < -0.3 is 19.5 Å². The van der Waals surface area contributed by atoms with Crippen LogP contribution in [0.3, 0.4) is 0 Å². The number of halogens is 6. The first-order valence-corrected chi connectivity index (χ1v) is 17.5. The molecule has 17 heteroatoms. The van der Waals surface area contributed by atoms with E-state index in [1.807, 2.05) is 4.90 Å². The van der Waals surface area contributed by atoms with Crippen LogP contribution in [0.2, 0.25) is 0 Å². The minimum absolute atomic E-state index is 0.0885. The zero-order valence-corrected chi connectivity index (χ0v) is 28.7. The second kappa shape index (κ2) is 13.4. The number of carbonyl (C=O) groups excluding carboxylic acids is 2. The molecule has 2 saturated heterocycles. The van der Waals surface area contributed by atoms with Crippen LogP contribution in [0.15, 0.2) is 48.0 Å². The van der Waals surface area contributed by atoms with Crippen molar-refractivity contribution in [2.24, 2.45) is 7.05 Å². The number of carbonyl (C=O) groups is 2. The summed E-state index contributed by atoms with van der Waals surface area (Å²) in [6.07, 6.45) is -11.1. The van der Waals surface area contributed by atoms with Gasteiger partial charge in [0, 0.05) is 42.4 Å². The number of amides is 1. The summed E-state index contributed by atoms with van der Waals surface area (Å²) in [5, 5.41) is 15.6. The number of esters is 1. The Kier molecular flexibility index (Phi) is 9.42. The number of anilines is 1. The van der Waals surface area contributed by atoms with Gasteiger partial charge >= 0.3 is 24.4 Å². The van der Waals surface area contributed by atoms with E-state index in [-0.39, 0.29) is 30.2 Å². The third kappa shape index (κ3) is 7.06. The molecule has 270 valence electrons. The number of alkyl halides is 6. The molecule has 5 heterocycles. The highest BCUT2D eigenvalue weighted by molar-refractivity contribution is 7.47. The fourth-order valence-corrected chi connectivity index (χ4v) is 8.48. The summed E-state index contributed by atoms with van der Waals surface area (Å²) < 4.78 is 93.1. The number of methoxy groups -OCH3 is 1. The number of pyridine rings is 1. The van der Waals surface area contributed by atoms with Crippen molar-refractivity contribution >= 4 is 25.4 Å². The number of phenolic OH excluding ortho intramolecular Hbond substituents is 1. The number of cyclic esters (lactones) is 1. The van der Waals surface area contributed by atoms with Crippen molar-refractivity contribution < 1.29 is 50.5 Å². The van der Waals surface area contributed by atoms with E-state index in [1.165, 1.54) is 22.8 Å². The lowest BCUT2D eigenvalue weighted by Crippen LogP contribution is -2.38. The van der Waals surface area contributed by atoms with E-state index in [9.17, 15) is 41.0 Å². The van der Waals surface area contributed by atoms with Crippen LogP contribution < -0.4 is 4.90 Å². The number of ether oxygens (including phenoxy) is 2. The highest BCUT2D eigenvalue weighted by atomic mass is 31.1. The van der Waals surface area contributed by atoms with Gasteiger partial charge in [0.25, 0.3) is 0 Å². The Bertz CT molecular complexity index is 1980. The van der Waals surface area contributed by atoms with Gasteiger partial charge in [0.05, 0.1) is 42.2 Å². The van der Waals surface area contributed by atoms with Crippen molar-refractivity contribution in [2.75, 3.05) is 25.1 Å². The van der Waals surface area contributed by atoms with E-state index in [0.29, 0.717) is 39.5 Å². The molecule has 0 aliphatic carbocycles. The van der Waals surface area contributed by atoms with E-state index in [0.717, 1.165) is 31.1 Å². The van der Waals surface area contributed by atoms with E-state index in [2.05, 4.69) is 5.10 Å². The highest BCUT2D eigenvalue weighted by Gasteiger charge is 2.44. The van der Waals surface area contributed by atoms with E-state index in [4.69, 9.17) is 14.5 Å². The van der Waals surface area contributed by atoms with Crippen molar-refractivity contribution in [1.82, 2.24) is 19.7 Å². The zero-order valence-electron chi connectivity index (χ0n) is 27.8. The molecular weight excluding hydrogens is 703 g/mol. The summed E-state index contributed by atoms with van der Waals surface area (Å²) in [7, 11) is 0.777. The summed E-state index contributed by atoms with van der Waals surface area (Å²) in [4.78, 5) is 33.9. The molecule has 0 unspecified atom stereocenters. The number of hydrogen-bond acceptors (Lipinski definition) is 8. The first-order valence-electron chi connectivity index (χ1n) is 15.8. The molecular formula is C34H33F6N5O5P+. The maximum absolute atomic E-state index is 13.5. The SMILES string of the molecule is COC(=O)c1c(C)c(-c2ccc(O)c(-c3ccc(N4CCC4)nc3CN3C(=O)O[C@H](C[p+]4cc(C(F)(F)F)cc(C(F)(F)F)c4)[C@@H]3C)c2)nn1C. The molecule has 6 rings (SSSR count). The summed E-state index contributed by atoms with van der Waals surface area (Å²) in [5.41, 5.74) is 0.259. The van der Waals surface area contributed by atoms with Crippen molar-refractivity contribution in [3.05, 3.63) is 76.1 Å². The van der Waals surface area contributed by atoms with Gasteiger partial charge in [0.2, 0.25) is 0 Å². The fourth-order valence-electron chi connectivity index (χ4n) is 6.24. The fraction of sp³-hybridized carbons (Fsp3) is 0.382. The van der Waals surface area contributed by atoms with Crippen molar-refractivity contribution in [1.29, 1.82) is 0 Å². The number of hydrogen-bond donors (Lipinski definition) is 1. The van der Waals surface area contributed by atoms with Crippen LogP contribution >= 0.6 is 7.53 Å². The predicted octanol–water partition coefficient (Wildman–Crippen LogP) is 7.87. The van der Waals surface area contributed by atoms with Crippen LogP contribution in [0.5, 0.6) is 5.75 Å². The van der Waals surface area contributed by atoms with Crippen molar-refractivity contribution in [3.63, 3.8) is 0 Å². The number of phenols is 1. The molecule has 51 heavy (non-hydrogen) atoms. The lowest BCUT2D eigenvalue weighted by molar-refractivity contribution is -0.142. The summed E-state index contributed by atoms with van der Waals surface area (Å²) in [6.45, 7) is 4.73. The number of aryl methyl sites for hydroxylation is 1. The number of nitrogens with zero attached hydrogens (tertiary/aromatic N) is 5. The number of aromatic nitrogens is 3. The normalized spacial score (nSPS) is 17.8. The standard InChI is InChI=1S/C34H32F6N5O5P/c1-18-29(42-43(3)30(18)31(47)49-4)20-6-8-26(46)24(12-20)23-7-9-28(44-10-5-11-44)41-25(23)14-45-19(2)27(50-32(45)48)17-51-15-21(33(35,36)37)13-22(16-51)34(38,39)40/h6-9,12-13,15-16,19,27H,5,10-11,14,17H2,1-4H3/p+1/t19-,27+/m0/s1. The minimum Gasteiger partial charge on any atom is -0.507 e. The number of rotatable bonds is 8. The molecule has 0 saturated carbocycles. The Morgan fingerprint density at radius 2 is 1.71 bits per heavy atom. The largest absolute Gasteiger partial charge is 0.507 e. The molecule has 2 fully saturated rings. The Balaban J connectivity index is 1.34. The van der Waals surface area contributed by atoms with Gasteiger partial charge in [0.15, 0.2) is 6.10 Å². The molecule has 3 aromatic heterocycles. The van der Waals surface area contributed by atoms with Crippen LogP contribution in [0.1, 0.15) is 46.2 Å². The molecule has 1 aromatic carbocycles. The van der Waals surface area contributed by atoms with Crippen molar-refractivity contribution in [2.45, 2.75) is 57.5 Å². The van der Waals surface area contributed by atoms with Crippen LogP contribution in [0, 0.1) is 6.92 Å². The average Bonchev–Trinajstić information content (AvgIpc) is 3.48. The molecule has 0 radical (unpaired) electrons. The molecule has 4 aromatic rings. The summed E-state index contributed by atoms with van der Waals surface area (Å²) in [5.74, 6) is 1.51. The number of benzene rings is 1. The van der Waals surface area contributed by atoms with Gasteiger partial charge in [0.1, 0.15) is 42.6 Å². The van der Waals surface area contributed by atoms with Crippen LogP contribution in [0.4, 0.5) is 37.0 Å². The molecule has 10 nitrogen and oxygen atoms in total. The van der Waals surface area contributed by atoms with Gasteiger partial charge in [-0.1, -0.05) is 0 Å². The molecule has 0 spiro atoms. The zero-order chi connectivity index (χ0) is 37.0. The monoisotopic (exact) mass is 736 g/mol. The van der Waals surface area contributed by atoms with E-state index < -0.39 is 55.2 Å². The minimum atomic E-state index is -4.99. The Morgan fingerprint density at radius 3 is 2.29 bits per heavy atom. The van der Waals surface area contributed by atoms with Gasteiger partial charge in [-0.2, -0.15) is 31.4 Å². The lowest BCUT2D eigenvalue weighted by atomic mass is 9.97. The van der Waals surface area contributed by atoms with E-state index >= 15 is 0 Å². The Hall–Kier alpha value is -4.85. The molecule has 2 aliphatic rings.